The van der Waals surface area contributed by atoms with E-state index in [4.69, 9.17) is 41.7 Å². The summed E-state index contributed by atoms with van der Waals surface area (Å²) in [5.74, 6) is 2.50. The third kappa shape index (κ3) is 9.69. The lowest BCUT2D eigenvalue weighted by atomic mass is 10.0. The van der Waals surface area contributed by atoms with Crippen LogP contribution < -0.4 is 19.7 Å². The number of carbonyl (C=O) groups excluding carboxylic acids is 1. The second kappa shape index (κ2) is 18.4. The van der Waals surface area contributed by atoms with E-state index in [1.165, 1.54) is 0 Å². The first-order chi connectivity index (χ1) is 30.2. The molecule has 1 saturated heterocycles. The smallest absolute Gasteiger partial charge is 0.306 e. The number of benzene rings is 4. The molecule has 13 nitrogen and oxygen atoms in total. The Morgan fingerprint density at radius 1 is 0.746 bits per heavy atom. The Kier molecular flexibility index (Phi) is 12.8. The van der Waals surface area contributed by atoms with Crippen LogP contribution in [0.15, 0.2) is 81.8 Å². The van der Waals surface area contributed by atoms with Crippen LogP contribution in [0.25, 0.3) is 45.7 Å². The zero-order valence-electron chi connectivity index (χ0n) is 36.0. The van der Waals surface area contributed by atoms with Gasteiger partial charge >= 0.3 is 5.97 Å². The molecule has 4 aromatic carbocycles. The normalized spacial score (nSPS) is 19.1. The summed E-state index contributed by atoms with van der Waals surface area (Å²) >= 11 is 12.7. The van der Waals surface area contributed by atoms with Gasteiger partial charge in [-0.05, 0) is 164 Å². The molecule has 328 valence electrons. The third-order valence-corrected chi connectivity index (χ3v) is 12.2. The summed E-state index contributed by atoms with van der Waals surface area (Å²) < 4.78 is 22.3. The topological polar surface area (TPSA) is 166 Å². The molecule has 3 heterocycles. The van der Waals surface area contributed by atoms with E-state index in [1.807, 2.05) is 101 Å². The number of ether oxygens (including phenoxy) is 2. The molecule has 4 atom stereocenters. The largest absolute Gasteiger partial charge is 0.489 e. The first kappa shape index (κ1) is 43.7. The number of aryl methyl sites for hydroxylation is 2. The second-order valence-electron chi connectivity index (χ2n) is 17.1. The van der Waals surface area contributed by atoms with Crippen molar-refractivity contribution in [2.45, 2.75) is 104 Å². The molecule has 0 radical (unpaired) electrons. The van der Waals surface area contributed by atoms with E-state index < -0.39 is 5.97 Å². The quantitative estimate of drug-likeness (QED) is 0.120. The summed E-state index contributed by atoms with van der Waals surface area (Å²) in [7, 11) is 0. The van der Waals surface area contributed by atoms with Crippen LogP contribution in [0.5, 0.6) is 11.5 Å². The Morgan fingerprint density at radius 2 is 1.32 bits per heavy atom. The number of carboxylic acids is 1. The molecule has 2 aromatic heterocycles. The lowest BCUT2D eigenvalue weighted by Gasteiger charge is -2.27. The van der Waals surface area contributed by atoms with Gasteiger partial charge in [0.15, 0.2) is 0 Å². The van der Waals surface area contributed by atoms with E-state index in [-0.39, 0.29) is 36.0 Å². The molecule has 3 fully saturated rings. The monoisotopic (exact) mass is 892 g/mol. The van der Waals surface area contributed by atoms with E-state index in [1.54, 1.807) is 18.2 Å². The van der Waals surface area contributed by atoms with Gasteiger partial charge in [0.2, 0.25) is 17.6 Å². The zero-order chi connectivity index (χ0) is 44.5. The van der Waals surface area contributed by atoms with Gasteiger partial charge in [0.1, 0.15) is 11.5 Å². The highest BCUT2D eigenvalue weighted by Crippen LogP contribution is 2.42. The predicted molar refractivity (Wildman–Crippen MR) is 242 cm³/mol. The number of carboxylic acid groups (broad SMARTS) is 1. The Balaban J connectivity index is 0.000000173. The molecule has 2 bridgehead atoms. The number of carbonyl (C=O) groups is 2. The molecule has 3 aliphatic rings. The van der Waals surface area contributed by atoms with E-state index in [2.05, 4.69) is 25.6 Å². The maximum Gasteiger partial charge on any atom is 0.306 e. The maximum atomic E-state index is 12.6. The molecule has 1 amide bonds. The Morgan fingerprint density at radius 3 is 1.79 bits per heavy atom. The number of nitrogens with zero attached hydrogens (tertiary/aromatic N) is 5. The molecule has 0 spiro atoms. The minimum absolute atomic E-state index is 0.0288. The Hall–Kier alpha value is -5.92. The average molecular weight is 894 g/mol. The number of anilines is 2. The summed E-state index contributed by atoms with van der Waals surface area (Å²) in [5.41, 5.74) is 7.09. The number of fused-ring (bicyclic) bond motifs is 2. The predicted octanol–water partition coefficient (Wildman–Crippen LogP) is 11.5. The van der Waals surface area contributed by atoms with Crippen LogP contribution in [-0.4, -0.2) is 61.6 Å². The van der Waals surface area contributed by atoms with Crippen molar-refractivity contribution in [3.8, 4) is 57.2 Å². The number of piperidine rings is 1. The minimum atomic E-state index is -0.711. The number of rotatable bonds is 12. The molecule has 63 heavy (non-hydrogen) atoms. The first-order valence-corrected chi connectivity index (χ1v) is 22.1. The van der Waals surface area contributed by atoms with Gasteiger partial charge in [-0.15, -0.1) is 0 Å². The van der Waals surface area contributed by atoms with E-state index in [0.717, 1.165) is 70.4 Å². The number of aromatic nitrogens is 4. The van der Waals surface area contributed by atoms with Gasteiger partial charge in [-0.3, -0.25) is 9.59 Å². The Labute approximate surface area is 376 Å². The number of hydrogen-bond acceptors (Lipinski definition) is 11. The molecule has 9 rings (SSSR count). The number of hydrogen-bond donors (Lipinski definition) is 2. The zero-order valence-corrected chi connectivity index (χ0v) is 37.5. The minimum Gasteiger partial charge on any atom is -0.489 e. The fourth-order valence-electron chi connectivity index (χ4n) is 8.62. The fraction of sp³-hybridized carbons (Fsp3) is 0.375. The number of nitrogens with one attached hydrogen (secondary N) is 1. The van der Waals surface area contributed by atoms with E-state index in [0.29, 0.717) is 63.9 Å². The molecule has 2 aliphatic carbocycles. The molecular formula is C48H50Cl2N6O7. The first-order valence-electron chi connectivity index (χ1n) is 21.4. The van der Waals surface area contributed by atoms with Crippen LogP contribution in [-0.2, 0) is 9.59 Å². The Bertz CT molecular complexity index is 2640. The summed E-state index contributed by atoms with van der Waals surface area (Å²) in [4.78, 5) is 34.8. The third-order valence-electron chi connectivity index (χ3n) is 11.6. The van der Waals surface area contributed by atoms with Crippen LogP contribution in [0.4, 0.5) is 11.4 Å². The molecule has 2 N–H and O–H groups in total. The summed E-state index contributed by atoms with van der Waals surface area (Å²) in [6.07, 6.45) is 5.38. The highest BCUT2D eigenvalue weighted by molar-refractivity contribution is 6.32. The number of amides is 1. The van der Waals surface area contributed by atoms with E-state index in [9.17, 15) is 14.7 Å². The van der Waals surface area contributed by atoms with Crippen molar-refractivity contribution in [1.29, 1.82) is 0 Å². The SMILES string of the molecule is Cc1cc(N2C(=O)[C@@H]3CC[C@H]2C3)ccc1-c1noc(-c2ccc(OC(C)C)c(Cl)c2)n1.Cc1cc(N[C@H]2CC[C@@H](C(=O)O)C2)ccc1-c1noc(-c2ccc(OC(C)C)c(Cl)c2)n1. The van der Waals surface area contributed by atoms with Crippen LogP contribution in [0.1, 0.15) is 77.3 Å². The maximum absolute atomic E-state index is 12.6. The van der Waals surface area contributed by atoms with Crippen molar-refractivity contribution < 1.29 is 33.2 Å². The molecule has 15 heteroatoms. The van der Waals surface area contributed by atoms with E-state index >= 15 is 0 Å². The number of aliphatic carboxylic acids is 1. The van der Waals surface area contributed by atoms with Gasteiger partial charge in [0, 0.05) is 51.6 Å². The lowest BCUT2D eigenvalue weighted by Crippen LogP contribution is -2.36. The van der Waals surface area contributed by atoms with Crippen molar-refractivity contribution in [2.75, 3.05) is 10.2 Å². The molecule has 6 aromatic rings. The van der Waals surface area contributed by atoms with Crippen molar-refractivity contribution in [3.63, 3.8) is 0 Å². The van der Waals surface area contributed by atoms with Crippen LogP contribution in [0.2, 0.25) is 10.0 Å². The highest BCUT2D eigenvalue weighted by Gasteiger charge is 2.45. The lowest BCUT2D eigenvalue weighted by molar-refractivity contribution is -0.141. The van der Waals surface area contributed by atoms with Crippen molar-refractivity contribution in [2.24, 2.45) is 11.8 Å². The van der Waals surface area contributed by atoms with Crippen molar-refractivity contribution >= 4 is 46.5 Å². The van der Waals surface area contributed by atoms with Gasteiger partial charge < -0.3 is 33.8 Å². The highest BCUT2D eigenvalue weighted by atomic mass is 35.5. The summed E-state index contributed by atoms with van der Waals surface area (Å²) in [6.45, 7) is 11.8. The van der Waals surface area contributed by atoms with Crippen LogP contribution >= 0.6 is 23.2 Å². The average Bonchev–Trinajstić information content (AvgIpc) is 4.10. The van der Waals surface area contributed by atoms with Gasteiger partial charge in [0.25, 0.3) is 11.8 Å². The molecule has 2 saturated carbocycles. The number of halogens is 2. The molecule has 0 unspecified atom stereocenters. The summed E-state index contributed by atoms with van der Waals surface area (Å²) in [5, 5.41) is 21.9. The van der Waals surface area contributed by atoms with Crippen LogP contribution in [0, 0.1) is 25.7 Å². The molecule has 1 aliphatic heterocycles. The fourth-order valence-corrected chi connectivity index (χ4v) is 9.07. The second-order valence-corrected chi connectivity index (χ2v) is 17.9. The van der Waals surface area contributed by atoms with Crippen molar-refractivity contribution in [3.05, 3.63) is 94.0 Å². The van der Waals surface area contributed by atoms with Crippen LogP contribution in [0.3, 0.4) is 0 Å². The van der Waals surface area contributed by atoms with Gasteiger partial charge in [-0.1, -0.05) is 33.5 Å². The summed E-state index contributed by atoms with van der Waals surface area (Å²) in [6, 6.07) is 23.2. The van der Waals surface area contributed by atoms with Gasteiger partial charge in [-0.2, -0.15) is 9.97 Å². The standard InChI is InChI=1S/C24H26ClN3O4.C24H24ClN3O3/c1-13(2)31-21-9-5-15(12-20(21)25)23-27-22(28-32-23)19-8-7-17(10-14(19)3)26-18-6-4-16(11-18)24(29)30;1-13(2)30-21-9-5-15(12-20(21)25)23-26-22(27-31-23)19-8-7-17(10-14(19)3)28-18-6-4-16(11-18)24(28)29/h5,7-10,12-13,16,18,26H,4,6,11H2,1-3H3,(H,29,30);5,7-10,12-13,16,18H,4,6,11H2,1-3H3/t2*16-,18+/m11/s1. The van der Waals surface area contributed by atoms with Gasteiger partial charge in [0.05, 0.1) is 28.2 Å². The van der Waals surface area contributed by atoms with Crippen molar-refractivity contribution in [1.82, 2.24) is 20.3 Å². The van der Waals surface area contributed by atoms with Gasteiger partial charge in [-0.25, -0.2) is 0 Å². The molecular weight excluding hydrogens is 843 g/mol.